The van der Waals surface area contributed by atoms with E-state index in [2.05, 4.69) is 4.52 Å². The van der Waals surface area contributed by atoms with Crippen molar-refractivity contribution in [2.45, 2.75) is 13.5 Å². The van der Waals surface area contributed by atoms with Crippen molar-refractivity contribution < 1.29 is 28.4 Å². The summed E-state index contributed by atoms with van der Waals surface area (Å²) in [5.41, 5.74) is 0.702. The molecule has 0 radical (unpaired) electrons. The van der Waals surface area contributed by atoms with Crippen LogP contribution >= 0.6 is 7.82 Å². The largest absolute Gasteiger partial charge is 0.524 e. The van der Waals surface area contributed by atoms with E-state index < -0.39 is 13.8 Å². The van der Waals surface area contributed by atoms with Crippen LogP contribution in [0.15, 0.2) is 24.3 Å². The summed E-state index contributed by atoms with van der Waals surface area (Å²) < 4.78 is 19.6. The number of phosphoric acid groups is 1. The Morgan fingerprint density at radius 2 is 1.88 bits per heavy atom. The van der Waals surface area contributed by atoms with Gasteiger partial charge in [0.2, 0.25) is 0 Å². The molecule has 0 unspecified atom stereocenters. The second-order valence-electron chi connectivity index (χ2n) is 3.01. The highest BCUT2D eigenvalue weighted by Crippen LogP contribution is 2.37. The van der Waals surface area contributed by atoms with E-state index in [1.807, 2.05) is 0 Å². The van der Waals surface area contributed by atoms with Gasteiger partial charge in [-0.15, -0.1) is 0 Å². The fraction of sp³-hybridized carbons (Fsp3) is 0.222. The van der Waals surface area contributed by atoms with E-state index in [0.717, 1.165) is 0 Å². The molecule has 0 fully saturated rings. The van der Waals surface area contributed by atoms with Crippen LogP contribution in [0, 0.1) is 0 Å². The lowest BCUT2D eigenvalue weighted by Gasteiger charge is -2.07. The third-order valence-corrected chi connectivity index (χ3v) is 2.04. The molecule has 0 aliphatic heterocycles. The molecule has 0 saturated carbocycles. The molecule has 0 saturated heterocycles. The zero-order chi connectivity index (χ0) is 12.2. The van der Waals surface area contributed by atoms with Gasteiger partial charge in [-0.1, -0.05) is 12.1 Å². The highest BCUT2D eigenvalue weighted by atomic mass is 31.2. The van der Waals surface area contributed by atoms with E-state index in [9.17, 15) is 9.36 Å². The van der Waals surface area contributed by atoms with Crippen LogP contribution in [0.4, 0.5) is 0 Å². The monoisotopic (exact) mass is 246 g/mol. The van der Waals surface area contributed by atoms with Gasteiger partial charge in [0.15, 0.2) is 0 Å². The van der Waals surface area contributed by atoms with Gasteiger partial charge in [0.05, 0.1) is 0 Å². The van der Waals surface area contributed by atoms with E-state index in [-0.39, 0.29) is 12.4 Å². The van der Waals surface area contributed by atoms with Crippen LogP contribution in [0.3, 0.4) is 0 Å². The number of hydrogen-bond acceptors (Lipinski definition) is 4. The summed E-state index contributed by atoms with van der Waals surface area (Å²) in [6.45, 7) is 1.41. The van der Waals surface area contributed by atoms with Gasteiger partial charge in [0.25, 0.3) is 0 Å². The van der Waals surface area contributed by atoms with Crippen LogP contribution in [-0.4, -0.2) is 15.8 Å². The maximum absolute atomic E-state index is 10.5. The van der Waals surface area contributed by atoms with E-state index in [1.54, 1.807) is 12.1 Å². The summed E-state index contributed by atoms with van der Waals surface area (Å²) in [7, 11) is -4.52. The standard InChI is InChI=1S/C9H11O6P/c1-7(10)14-6-8-2-4-9(5-3-8)15-16(11,12)13/h2-5H,6H2,1H3,(H2,11,12,13). The molecule has 0 heterocycles. The maximum atomic E-state index is 10.5. The second-order valence-corrected chi connectivity index (χ2v) is 4.17. The molecular formula is C9H11O6P. The van der Waals surface area contributed by atoms with Crippen LogP contribution in [0.25, 0.3) is 0 Å². The predicted octanol–water partition coefficient (Wildman–Crippen LogP) is 1.22. The van der Waals surface area contributed by atoms with Crippen molar-refractivity contribution in [1.29, 1.82) is 0 Å². The number of carbonyl (C=O) groups is 1. The third-order valence-electron chi connectivity index (χ3n) is 1.59. The molecule has 16 heavy (non-hydrogen) atoms. The van der Waals surface area contributed by atoms with E-state index in [0.29, 0.717) is 5.56 Å². The average Bonchev–Trinajstić information content (AvgIpc) is 2.14. The molecule has 1 rings (SSSR count). The molecular weight excluding hydrogens is 235 g/mol. The van der Waals surface area contributed by atoms with Gasteiger partial charge in [0.1, 0.15) is 12.4 Å². The van der Waals surface area contributed by atoms with Crippen molar-refractivity contribution in [2.75, 3.05) is 0 Å². The molecule has 1 aromatic rings. The minimum atomic E-state index is -4.52. The Morgan fingerprint density at radius 1 is 1.31 bits per heavy atom. The fourth-order valence-corrected chi connectivity index (χ4v) is 1.37. The van der Waals surface area contributed by atoms with Crippen molar-refractivity contribution >= 4 is 13.8 Å². The maximum Gasteiger partial charge on any atom is 0.524 e. The lowest BCUT2D eigenvalue weighted by atomic mass is 10.2. The molecule has 6 nitrogen and oxygen atoms in total. The number of esters is 1. The van der Waals surface area contributed by atoms with Crippen molar-refractivity contribution in [3.8, 4) is 5.75 Å². The quantitative estimate of drug-likeness (QED) is 0.612. The van der Waals surface area contributed by atoms with Gasteiger partial charge in [-0.05, 0) is 17.7 Å². The first-order valence-electron chi connectivity index (χ1n) is 4.34. The molecule has 2 N–H and O–H groups in total. The molecule has 0 aromatic heterocycles. The smallest absolute Gasteiger partial charge is 0.461 e. The number of ether oxygens (including phenoxy) is 1. The number of phosphoric ester groups is 1. The molecule has 0 spiro atoms. The Kier molecular flexibility index (Phi) is 4.06. The van der Waals surface area contributed by atoms with Crippen LogP contribution in [0.5, 0.6) is 5.75 Å². The molecule has 0 amide bonds. The van der Waals surface area contributed by atoms with Crippen LogP contribution < -0.4 is 4.52 Å². The summed E-state index contributed by atoms with van der Waals surface area (Å²) in [5, 5.41) is 0. The van der Waals surface area contributed by atoms with Gasteiger partial charge in [-0.3, -0.25) is 14.6 Å². The number of hydrogen-bond donors (Lipinski definition) is 2. The van der Waals surface area contributed by atoms with Crippen molar-refractivity contribution in [3.63, 3.8) is 0 Å². The Hall–Kier alpha value is -1.36. The summed E-state index contributed by atoms with van der Waals surface area (Å²) >= 11 is 0. The first kappa shape index (κ1) is 12.7. The molecule has 0 atom stereocenters. The topological polar surface area (TPSA) is 93.1 Å². The average molecular weight is 246 g/mol. The Bertz CT molecular complexity index is 407. The van der Waals surface area contributed by atoms with E-state index >= 15 is 0 Å². The highest BCUT2D eigenvalue weighted by molar-refractivity contribution is 7.46. The number of benzene rings is 1. The third kappa shape index (κ3) is 4.93. The zero-order valence-electron chi connectivity index (χ0n) is 8.49. The van der Waals surface area contributed by atoms with Crippen molar-refractivity contribution in [1.82, 2.24) is 0 Å². The molecule has 0 bridgehead atoms. The van der Waals surface area contributed by atoms with Gasteiger partial charge in [-0.2, -0.15) is 0 Å². The first-order valence-corrected chi connectivity index (χ1v) is 5.87. The van der Waals surface area contributed by atoms with Crippen molar-refractivity contribution in [2.24, 2.45) is 0 Å². The highest BCUT2D eigenvalue weighted by Gasteiger charge is 2.15. The van der Waals surface area contributed by atoms with Gasteiger partial charge >= 0.3 is 13.8 Å². The minimum absolute atomic E-state index is 0.0555. The van der Waals surface area contributed by atoms with Crippen LogP contribution in [-0.2, 0) is 20.7 Å². The SMILES string of the molecule is CC(=O)OCc1ccc(OP(=O)(O)O)cc1. The Morgan fingerprint density at radius 3 is 2.31 bits per heavy atom. The Labute approximate surface area is 92.1 Å². The van der Waals surface area contributed by atoms with Gasteiger partial charge < -0.3 is 9.26 Å². The van der Waals surface area contributed by atoms with E-state index in [4.69, 9.17) is 14.5 Å². The minimum Gasteiger partial charge on any atom is -0.461 e. The predicted molar refractivity (Wildman–Crippen MR) is 54.6 cm³/mol. The Balaban J connectivity index is 2.61. The van der Waals surface area contributed by atoms with Crippen molar-refractivity contribution in [3.05, 3.63) is 29.8 Å². The molecule has 7 heteroatoms. The zero-order valence-corrected chi connectivity index (χ0v) is 9.39. The number of rotatable bonds is 4. The molecule has 0 aliphatic rings. The number of carbonyl (C=O) groups excluding carboxylic acids is 1. The summed E-state index contributed by atoms with van der Waals surface area (Å²) in [4.78, 5) is 27.6. The normalized spacial score (nSPS) is 10.9. The van der Waals surface area contributed by atoms with E-state index in [1.165, 1.54) is 19.1 Å². The molecule has 0 aliphatic carbocycles. The summed E-state index contributed by atoms with van der Waals surface area (Å²) in [5.74, 6) is -0.338. The van der Waals surface area contributed by atoms with Crippen LogP contribution in [0.2, 0.25) is 0 Å². The summed E-state index contributed by atoms with van der Waals surface area (Å²) in [6.07, 6.45) is 0. The lowest BCUT2D eigenvalue weighted by Crippen LogP contribution is -1.98. The molecule has 88 valence electrons. The van der Waals surface area contributed by atoms with Crippen LogP contribution in [0.1, 0.15) is 12.5 Å². The van der Waals surface area contributed by atoms with Gasteiger partial charge in [-0.25, -0.2) is 4.57 Å². The lowest BCUT2D eigenvalue weighted by molar-refractivity contribution is -0.142. The van der Waals surface area contributed by atoms with Gasteiger partial charge in [0, 0.05) is 6.92 Å². The summed E-state index contributed by atoms with van der Waals surface area (Å²) in [6, 6.07) is 5.87. The fourth-order valence-electron chi connectivity index (χ4n) is 0.969. The molecule has 1 aromatic carbocycles. The second kappa shape index (κ2) is 5.12. The first-order chi connectivity index (χ1) is 7.37.